The molecule has 0 spiro atoms. The molecular formula is C14H21ClN2. The second-order valence-corrected chi connectivity index (χ2v) is 5.55. The minimum Gasteiger partial charge on any atom is -0.330 e. The van der Waals surface area contributed by atoms with Gasteiger partial charge in [-0.15, -0.1) is 0 Å². The van der Waals surface area contributed by atoms with E-state index >= 15 is 0 Å². The van der Waals surface area contributed by atoms with Crippen LogP contribution in [0.1, 0.15) is 31.9 Å². The van der Waals surface area contributed by atoms with Crippen molar-refractivity contribution in [1.82, 2.24) is 4.90 Å². The van der Waals surface area contributed by atoms with Gasteiger partial charge in [0.2, 0.25) is 0 Å². The van der Waals surface area contributed by atoms with Crippen LogP contribution in [0, 0.1) is 5.92 Å². The lowest BCUT2D eigenvalue weighted by Crippen LogP contribution is -2.30. The van der Waals surface area contributed by atoms with Crippen LogP contribution in [-0.2, 0) is 0 Å². The van der Waals surface area contributed by atoms with Crippen molar-refractivity contribution < 1.29 is 0 Å². The molecule has 1 heterocycles. The SMILES string of the molecule is CC1CC(CN)CN1C(C)c1ccc(Cl)cc1. The van der Waals surface area contributed by atoms with Crippen LogP contribution in [0.25, 0.3) is 0 Å². The predicted octanol–water partition coefficient (Wildman–Crippen LogP) is 3.07. The minimum atomic E-state index is 0.443. The molecule has 17 heavy (non-hydrogen) atoms. The highest BCUT2D eigenvalue weighted by Gasteiger charge is 2.31. The predicted molar refractivity (Wildman–Crippen MR) is 73.2 cm³/mol. The first-order chi connectivity index (χ1) is 8.11. The summed E-state index contributed by atoms with van der Waals surface area (Å²) >= 11 is 5.92. The molecule has 1 aromatic rings. The van der Waals surface area contributed by atoms with E-state index < -0.39 is 0 Å². The third-order valence-corrected chi connectivity index (χ3v) is 4.14. The van der Waals surface area contributed by atoms with E-state index in [4.69, 9.17) is 17.3 Å². The Labute approximate surface area is 109 Å². The fraction of sp³-hybridized carbons (Fsp3) is 0.571. The van der Waals surface area contributed by atoms with Crippen molar-refractivity contribution in [1.29, 1.82) is 0 Å². The lowest BCUT2D eigenvalue weighted by Gasteiger charge is -2.29. The average Bonchev–Trinajstić information content (AvgIpc) is 2.71. The molecule has 3 atom stereocenters. The lowest BCUT2D eigenvalue weighted by molar-refractivity contribution is 0.200. The summed E-state index contributed by atoms with van der Waals surface area (Å²) in [5.41, 5.74) is 7.11. The third kappa shape index (κ3) is 2.82. The van der Waals surface area contributed by atoms with Crippen LogP contribution in [0.3, 0.4) is 0 Å². The number of nitrogens with zero attached hydrogens (tertiary/aromatic N) is 1. The van der Waals surface area contributed by atoms with E-state index in [9.17, 15) is 0 Å². The number of rotatable bonds is 3. The van der Waals surface area contributed by atoms with Gasteiger partial charge in [0.05, 0.1) is 0 Å². The summed E-state index contributed by atoms with van der Waals surface area (Å²) < 4.78 is 0. The summed E-state index contributed by atoms with van der Waals surface area (Å²) in [6, 6.07) is 9.24. The maximum Gasteiger partial charge on any atom is 0.0406 e. The van der Waals surface area contributed by atoms with Gasteiger partial charge in [-0.25, -0.2) is 0 Å². The van der Waals surface area contributed by atoms with Crippen LogP contribution in [0.4, 0.5) is 0 Å². The molecule has 1 aromatic carbocycles. The van der Waals surface area contributed by atoms with Crippen LogP contribution >= 0.6 is 11.6 Å². The Morgan fingerprint density at radius 1 is 1.41 bits per heavy atom. The molecule has 3 unspecified atom stereocenters. The number of likely N-dealkylation sites (tertiary alicyclic amines) is 1. The molecule has 3 heteroatoms. The van der Waals surface area contributed by atoms with E-state index in [-0.39, 0.29) is 0 Å². The fourth-order valence-corrected chi connectivity index (χ4v) is 2.94. The van der Waals surface area contributed by atoms with Gasteiger partial charge < -0.3 is 5.73 Å². The number of benzene rings is 1. The normalized spacial score (nSPS) is 27.3. The second kappa shape index (κ2) is 5.38. The first kappa shape index (κ1) is 12.9. The van der Waals surface area contributed by atoms with E-state index in [1.54, 1.807) is 0 Å². The van der Waals surface area contributed by atoms with Crippen molar-refractivity contribution in [2.45, 2.75) is 32.4 Å². The maximum atomic E-state index is 5.92. The quantitative estimate of drug-likeness (QED) is 0.896. The van der Waals surface area contributed by atoms with E-state index in [1.165, 1.54) is 12.0 Å². The molecule has 2 nitrogen and oxygen atoms in total. The van der Waals surface area contributed by atoms with Gasteiger partial charge >= 0.3 is 0 Å². The summed E-state index contributed by atoms with van der Waals surface area (Å²) in [7, 11) is 0. The van der Waals surface area contributed by atoms with Crippen molar-refractivity contribution in [3.8, 4) is 0 Å². The molecule has 1 saturated heterocycles. The lowest BCUT2D eigenvalue weighted by atomic mass is 10.1. The Kier molecular flexibility index (Phi) is 4.08. The molecule has 0 aliphatic carbocycles. The highest BCUT2D eigenvalue weighted by atomic mass is 35.5. The Morgan fingerprint density at radius 3 is 2.59 bits per heavy atom. The zero-order valence-corrected chi connectivity index (χ0v) is 11.3. The zero-order valence-electron chi connectivity index (χ0n) is 10.6. The molecule has 1 fully saturated rings. The summed E-state index contributed by atoms with van der Waals surface area (Å²) in [5.74, 6) is 0.653. The van der Waals surface area contributed by atoms with Gasteiger partial charge in [0.25, 0.3) is 0 Å². The van der Waals surface area contributed by atoms with Gasteiger partial charge in [-0.3, -0.25) is 4.90 Å². The van der Waals surface area contributed by atoms with Crippen molar-refractivity contribution in [2.24, 2.45) is 11.7 Å². The first-order valence-electron chi connectivity index (χ1n) is 6.33. The summed E-state index contributed by atoms with van der Waals surface area (Å²) in [6.45, 7) is 6.47. The molecule has 0 saturated carbocycles. The van der Waals surface area contributed by atoms with Crippen LogP contribution in [0.2, 0.25) is 5.02 Å². The molecule has 0 amide bonds. The van der Waals surface area contributed by atoms with Crippen molar-refractivity contribution in [2.75, 3.05) is 13.1 Å². The van der Waals surface area contributed by atoms with E-state index in [1.807, 2.05) is 12.1 Å². The van der Waals surface area contributed by atoms with Crippen molar-refractivity contribution >= 4 is 11.6 Å². The number of hydrogen-bond acceptors (Lipinski definition) is 2. The average molecular weight is 253 g/mol. The molecule has 1 aliphatic heterocycles. The standard InChI is InChI=1S/C14H21ClN2/c1-10-7-12(8-16)9-17(10)11(2)13-3-5-14(15)6-4-13/h3-6,10-12H,7-9,16H2,1-2H3. The van der Waals surface area contributed by atoms with E-state index in [0.29, 0.717) is 18.0 Å². The topological polar surface area (TPSA) is 29.3 Å². The molecule has 1 aliphatic rings. The van der Waals surface area contributed by atoms with E-state index in [2.05, 4.69) is 30.9 Å². The molecular weight excluding hydrogens is 232 g/mol. The van der Waals surface area contributed by atoms with Gasteiger partial charge in [0.1, 0.15) is 0 Å². The van der Waals surface area contributed by atoms with Gasteiger partial charge in [-0.1, -0.05) is 23.7 Å². The number of nitrogens with two attached hydrogens (primary N) is 1. The Bertz CT molecular complexity index is 363. The molecule has 2 N–H and O–H groups in total. The molecule has 0 radical (unpaired) electrons. The molecule has 0 bridgehead atoms. The van der Waals surface area contributed by atoms with Crippen molar-refractivity contribution in [3.05, 3.63) is 34.9 Å². The molecule has 94 valence electrons. The van der Waals surface area contributed by atoms with Crippen LogP contribution in [-0.4, -0.2) is 24.0 Å². The number of halogens is 1. The zero-order chi connectivity index (χ0) is 12.4. The Morgan fingerprint density at radius 2 is 2.06 bits per heavy atom. The van der Waals surface area contributed by atoms with Gasteiger partial charge in [-0.05, 0) is 50.4 Å². The summed E-state index contributed by atoms with van der Waals surface area (Å²) in [5, 5.41) is 0.801. The Hall–Kier alpha value is -0.570. The third-order valence-electron chi connectivity index (χ3n) is 3.89. The number of hydrogen-bond donors (Lipinski definition) is 1. The van der Waals surface area contributed by atoms with Crippen LogP contribution < -0.4 is 5.73 Å². The van der Waals surface area contributed by atoms with Gasteiger partial charge in [0, 0.05) is 23.7 Å². The van der Waals surface area contributed by atoms with Gasteiger partial charge in [0.15, 0.2) is 0 Å². The van der Waals surface area contributed by atoms with Crippen LogP contribution in [0.5, 0.6) is 0 Å². The molecule has 2 rings (SSSR count). The molecule has 0 aromatic heterocycles. The minimum absolute atomic E-state index is 0.443. The van der Waals surface area contributed by atoms with Gasteiger partial charge in [-0.2, -0.15) is 0 Å². The highest BCUT2D eigenvalue weighted by Crippen LogP contribution is 2.31. The largest absolute Gasteiger partial charge is 0.330 e. The smallest absolute Gasteiger partial charge is 0.0406 e. The monoisotopic (exact) mass is 252 g/mol. The first-order valence-corrected chi connectivity index (χ1v) is 6.71. The van der Waals surface area contributed by atoms with E-state index in [0.717, 1.165) is 18.1 Å². The summed E-state index contributed by atoms with van der Waals surface area (Å²) in [4.78, 5) is 2.54. The Balaban J connectivity index is 2.09. The maximum absolute atomic E-state index is 5.92. The fourth-order valence-electron chi connectivity index (χ4n) is 2.81. The summed E-state index contributed by atoms with van der Waals surface area (Å²) in [6.07, 6.45) is 1.22. The highest BCUT2D eigenvalue weighted by molar-refractivity contribution is 6.30. The van der Waals surface area contributed by atoms with Crippen LogP contribution in [0.15, 0.2) is 24.3 Å². The van der Waals surface area contributed by atoms with Crippen molar-refractivity contribution in [3.63, 3.8) is 0 Å². The second-order valence-electron chi connectivity index (χ2n) is 5.11.